The van der Waals surface area contributed by atoms with E-state index in [1.165, 1.54) is 0 Å². The van der Waals surface area contributed by atoms with Gasteiger partial charge in [-0.2, -0.15) is 0 Å². The zero-order chi connectivity index (χ0) is 25.5. The molecule has 0 bridgehead atoms. The lowest BCUT2D eigenvalue weighted by atomic mass is 10.1. The monoisotopic (exact) mass is 493 g/mol. The van der Waals surface area contributed by atoms with E-state index >= 15 is 0 Å². The van der Waals surface area contributed by atoms with Gasteiger partial charge in [-0.25, -0.2) is 0 Å². The lowest BCUT2D eigenvalue weighted by molar-refractivity contribution is -0.132. The molecule has 10 nitrogen and oxygen atoms in total. The lowest BCUT2D eigenvalue weighted by Gasteiger charge is -2.32. The van der Waals surface area contributed by atoms with Gasteiger partial charge in [-0.3, -0.25) is 9.59 Å². The van der Waals surface area contributed by atoms with E-state index in [-0.39, 0.29) is 30.0 Å². The summed E-state index contributed by atoms with van der Waals surface area (Å²) in [6.07, 6.45) is 0.474. The van der Waals surface area contributed by atoms with Gasteiger partial charge >= 0.3 is 0 Å². The third kappa shape index (κ3) is 6.19. The molecule has 0 radical (unpaired) electrons. The highest BCUT2D eigenvalue weighted by atomic mass is 16.5. The Labute approximate surface area is 209 Å². The summed E-state index contributed by atoms with van der Waals surface area (Å²) >= 11 is 0. The predicted octanol–water partition coefficient (Wildman–Crippen LogP) is 2.13. The van der Waals surface area contributed by atoms with Crippen molar-refractivity contribution in [2.24, 2.45) is 0 Å². The van der Waals surface area contributed by atoms with Gasteiger partial charge in [-0.1, -0.05) is 12.1 Å². The second kappa shape index (κ2) is 11.7. The second-order valence-corrected chi connectivity index (χ2v) is 8.64. The zero-order valence-corrected chi connectivity index (χ0v) is 20.8. The van der Waals surface area contributed by atoms with E-state index in [0.29, 0.717) is 42.6 Å². The first-order chi connectivity index (χ1) is 17.5. The molecule has 1 saturated heterocycles. The standard InChI is InChI=1S/C26H31N5O5/c1-30-11-13-31(14-12-30)24(32)10-8-21-26(33)27-25(29-28-21)19-7-9-22(23(16-19)35-3)36-17-18-5-4-6-20(15-18)34-2/h4-7,9,15-16H,8,10-14,17H2,1-3H3,(H,27,29,33). The summed E-state index contributed by atoms with van der Waals surface area (Å²) in [7, 11) is 5.21. The first kappa shape index (κ1) is 25.2. The Kier molecular flexibility index (Phi) is 8.17. The van der Waals surface area contributed by atoms with E-state index < -0.39 is 0 Å². The molecule has 1 N–H and O–H groups in total. The minimum absolute atomic E-state index is 0.0302. The first-order valence-electron chi connectivity index (χ1n) is 11.8. The quantitative estimate of drug-likeness (QED) is 0.483. The van der Waals surface area contributed by atoms with Gasteiger partial charge in [-0.15, -0.1) is 10.2 Å². The number of benzene rings is 2. The average molecular weight is 494 g/mol. The molecule has 190 valence electrons. The molecule has 2 aromatic carbocycles. The molecule has 1 aliphatic rings. The van der Waals surface area contributed by atoms with Gasteiger partial charge in [0.25, 0.3) is 5.56 Å². The van der Waals surface area contributed by atoms with Crippen LogP contribution in [0.25, 0.3) is 11.4 Å². The number of nitrogens with one attached hydrogen (secondary N) is 1. The number of nitrogens with zero attached hydrogens (tertiary/aromatic N) is 4. The van der Waals surface area contributed by atoms with Gasteiger partial charge < -0.3 is 29.0 Å². The fourth-order valence-electron chi connectivity index (χ4n) is 3.95. The van der Waals surface area contributed by atoms with E-state index in [4.69, 9.17) is 14.2 Å². The van der Waals surface area contributed by atoms with Crippen molar-refractivity contribution < 1.29 is 19.0 Å². The number of aryl methyl sites for hydroxylation is 1. The number of hydrogen-bond donors (Lipinski definition) is 1. The maximum absolute atomic E-state index is 12.6. The van der Waals surface area contributed by atoms with Crippen LogP contribution in [0.3, 0.4) is 0 Å². The number of aromatic amines is 1. The number of ether oxygens (including phenoxy) is 3. The number of aromatic nitrogens is 3. The summed E-state index contributed by atoms with van der Waals surface area (Å²) in [5, 5.41) is 8.28. The maximum Gasteiger partial charge on any atom is 0.273 e. The van der Waals surface area contributed by atoms with E-state index in [1.54, 1.807) is 32.4 Å². The first-order valence-corrected chi connectivity index (χ1v) is 11.8. The number of amides is 1. The Morgan fingerprint density at radius 3 is 2.53 bits per heavy atom. The Morgan fingerprint density at radius 1 is 1.00 bits per heavy atom. The van der Waals surface area contributed by atoms with Crippen LogP contribution in [0.5, 0.6) is 17.2 Å². The molecule has 0 unspecified atom stereocenters. The fraction of sp³-hybridized carbons (Fsp3) is 0.385. The Bertz CT molecular complexity index is 1250. The van der Waals surface area contributed by atoms with E-state index in [9.17, 15) is 9.59 Å². The summed E-state index contributed by atoms with van der Waals surface area (Å²) in [5.41, 5.74) is 1.47. The highest BCUT2D eigenvalue weighted by Gasteiger charge is 2.19. The van der Waals surface area contributed by atoms with Crippen LogP contribution in [-0.4, -0.2) is 78.3 Å². The SMILES string of the molecule is COc1cccc(COc2ccc(-c3nnc(CCC(=O)N4CCN(C)CC4)c(=O)[nH]3)cc2OC)c1. The van der Waals surface area contributed by atoms with E-state index in [0.717, 1.165) is 24.4 Å². The van der Waals surface area contributed by atoms with Crippen LogP contribution in [0, 0.1) is 0 Å². The van der Waals surface area contributed by atoms with Gasteiger partial charge in [-0.05, 0) is 42.9 Å². The molecular formula is C26H31N5O5. The summed E-state index contributed by atoms with van der Waals surface area (Å²) in [6.45, 7) is 3.46. The van der Waals surface area contributed by atoms with Crippen LogP contribution in [0.1, 0.15) is 17.7 Å². The largest absolute Gasteiger partial charge is 0.497 e. The van der Waals surface area contributed by atoms with Crippen LogP contribution < -0.4 is 19.8 Å². The second-order valence-electron chi connectivity index (χ2n) is 8.64. The van der Waals surface area contributed by atoms with E-state index in [2.05, 4.69) is 20.1 Å². The third-order valence-electron chi connectivity index (χ3n) is 6.16. The van der Waals surface area contributed by atoms with Crippen molar-refractivity contribution in [1.29, 1.82) is 0 Å². The Balaban J connectivity index is 1.40. The number of rotatable bonds is 9. The van der Waals surface area contributed by atoms with Gasteiger partial charge in [0.15, 0.2) is 17.3 Å². The van der Waals surface area contributed by atoms with Crippen molar-refractivity contribution in [3.63, 3.8) is 0 Å². The van der Waals surface area contributed by atoms with Crippen LogP contribution in [0.4, 0.5) is 0 Å². The van der Waals surface area contributed by atoms with E-state index in [1.807, 2.05) is 36.2 Å². The van der Waals surface area contributed by atoms with Crippen molar-refractivity contribution in [2.75, 3.05) is 47.4 Å². The number of carbonyl (C=O) groups is 1. The van der Waals surface area contributed by atoms with Gasteiger partial charge in [0.1, 0.15) is 18.1 Å². The molecule has 1 aromatic heterocycles. The smallest absolute Gasteiger partial charge is 0.273 e. The van der Waals surface area contributed by atoms with Crippen molar-refractivity contribution >= 4 is 5.91 Å². The number of methoxy groups -OCH3 is 2. The average Bonchev–Trinajstić information content (AvgIpc) is 2.91. The number of carbonyl (C=O) groups excluding carboxylic acids is 1. The predicted molar refractivity (Wildman–Crippen MR) is 134 cm³/mol. The molecule has 3 aromatic rings. The minimum atomic E-state index is -0.358. The maximum atomic E-state index is 12.6. The van der Waals surface area contributed by atoms with Crippen LogP contribution in [-0.2, 0) is 17.8 Å². The van der Waals surface area contributed by atoms with Crippen molar-refractivity contribution in [3.05, 3.63) is 64.1 Å². The highest BCUT2D eigenvalue weighted by molar-refractivity contribution is 5.76. The molecule has 0 spiro atoms. The van der Waals surface area contributed by atoms with Crippen LogP contribution in [0.2, 0.25) is 0 Å². The Morgan fingerprint density at radius 2 is 1.81 bits per heavy atom. The normalized spacial score (nSPS) is 13.9. The molecule has 1 aliphatic heterocycles. The third-order valence-corrected chi connectivity index (χ3v) is 6.16. The molecule has 1 amide bonds. The molecule has 2 heterocycles. The van der Waals surface area contributed by atoms with Crippen LogP contribution >= 0.6 is 0 Å². The summed E-state index contributed by atoms with van der Waals surface area (Å²) in [6, 6.07) is 12.9. The molecule has 10 heteroatoms. The van der Waals surface area contributed by atoms with Gasteiger partial charge in [0, 0.05) is 44.6 Å². The fourth-order valence-corrected chi connectivity index (χ4v) is 3.95. The molecule has 1 fully saturated rings. The van der Waals surface area contributed by atoms with Crippen LogP contribution in [0.15, 0.2) is 47.3 Å². The zero-order valence-electron chi connectivity index (χ0n) is 20.8. The molecule has 0 atom stereocenters. The topological polar surface area (TPSA) is 110 Å². The number of piperazine rings is 1. The van der Waals surface area contributed by atoms with Gasteiger partial charge in [0.05, 0.1) is 14.2 Å². The summed E-state index contributed by atoms with van der Waals surface area (Å²) in [5.74, 6) is 2.15. The Hall–Kier alpha value is -3.92. The van der Waals surface area contributed by atoms with Crippen molar-refractivity contribution in [2.45, 2.75) is 19.4 Å². The van der Waals surface area contributed by atoms with Crippen molar-refractivity contribution in [1.82, 2.24) is 25.0 Å². The lowest BCUT2D eigenvalue weighted by Crippen LogP contribution is -2.47. The summed E-state index contributed by atoms with van der Waals surface area (Å²) < 4.78 is 16.7. The number of hydrogen-bond acceptors (Lipinski definition) is 8. The molecule has 0 aliphatic carbocycles. The van der Waals surface area contributed by atoms with Crippen molar-refractivity contribution in [3.8, 4) is 28.6 Å². The minimum Gasteiger partial charge on any atom is -0.497 e. The highest BCUT2D eigenvalue weighted by Crippen LogP contribution is 2.32. The summed E-state index contributed by atoms with van der Waals surface area (Å²) in [4.78, 5) is 31.9. The molecule has 4 rings (SSSR count). The number of H-pyrrole nitrogens is 1. The molecule has 36 heavy (non-hydrogen) atoms. The van der Waals surface area contributed by atoms with Gasteiger partial charge in [0.2, 0.25) is 5.91 Å². The molecule has 0 saturated carbocycles. The molecular weight excluding hydrogens is 462 g/mol. The number of likely N-dealkylation sites (N-methyl/N-ethyl adjacent to an activating group) is 1.